The maximum Gasteiger partial charge on any atom is 0.226 e. The number of rotatable bonds is 5. The van der Waals surface area contributed by atoms with Crippen LogP contribution in [0.1, 0.15) is 41.7 Å². The van der Waals surface area contributed by atoms with Gasteiger partial charge < -0.3 is 10.2 Å². The Bertz CT molecular complexity index is 911. The molecule has 0 spiro atoms. The van der Waals surface area contributed by atoms with Crippen molar-refractivity contribution in [3.63, 3.8) is 0 Å². The second-order valence-electron chi connectivity index (χ2n) is 8.26. The molecule has 2 saturated heterocycles. The minimum atomic E-state index is -2.85. The van der Waals surface area contributed by atoms with E-state index in [9.17, 15) is 18.5 Å². The first-order valence-electron chi connectivity index (χ1n) is 10.5. The quantitative estimate of drug-likeness (QED) is 0.754. The average molecular weight is 437 g/mol. The van der Waals surface area contributed by atoms with Crippen LogP contribution < -0.4 is 5.32 Å². The molecular weight excluding hydrogens is 408 g/mol. The number of amides is 1. The van der Waals surface area contributed by atoms with Crippen LogP contribution in [0.4, 0.5) is 5.00 Å². The lowest BCUT2D eigenvalue weighted by Gasteiger charge is -2.37. The molecule has 1 atom stereocenters. The van der Waals surface area contributed by atoms with Crippen molar-refractivity contribution in [2.24, 2.45) is 0 Å². The van der Waals surface area contributed by atoms with Crippen molar-refractivity contribution in [3.05, 3.63) is 16.0 Å². The molecule has 3 aliphatic rings. The fourth-order valence-electron chi connectivity index (χ4n) is 4.64. The zero-order chi connectivity index (χ0) is 20.4. The number of carbonyl (C=O) groups excluding carboxylic acids is 1. The van der Waals surface area contributed by atoms with E-state index in [1.54, 1.807) is 11.3 Å². The highest BCUT2D eigenvalue weighted by molar-refractivity contribution is 7.91. The summed E-state index contributed by atoms with van der Waals surface area (Å²) in [6.07, 6.45) is 5.38. The smallest absolute Gasteiger partial charge is 0.226 e. The van der Waals surface area contributed by atoms with Gasteiger partial charge >= 0.3 is 0 Å². The molecule has 2 aliphatic heterocycles. The van der Waals surface area contributed by atoms with Crippen molar-refractivity contribution < 1.29 is 13.2 Å². The van der Waals surface area contributed by atoms with Gasteiger partial charge in [-0.2, -0.15) is 5.26 Å². The number of nitrogens with one attached hydrogen (secondary N) is 1. The third-order valence-electron chi connectivity index (χ3n) is 6.32. The first-order chi connectivity index (χ1) is 13.9. The number of carbonyl (C=O) groups is 1. The molecule has 0 saturated carbocycles. The van der Waals surface area contributed by atoms with Crippen LogP contribution >= 0.6 is 11.3 Å². The molecule has 1 amide bonds. The minimum absolute atomic E-state index is 0.0376. The Morgan fingerprint density at radius 3 is 2.66 bits per heavy atom. The molecule has 1 aromatic rings. The third-order valence-corrected chi connectivity index (χ3v) is 9.28. The number of thiophene rings is 1. The van der Waals surface area contributed by atoms with Crippen LogP contribution in [0.3, 0.4) is 0 Å². The predicted molar refractivity (Wildman–Crippen MR) is 114 cm³/mol. The summed E-state index contributed by atoms with van der Waals surface area (Å²) in [5.74, 6) is 0.570. The Morgan fingerprint density at radius 2 is 1.97 bits per heavy atom. The van der Waals surface area contributed by atoms with Crippen molar-refractivity contribution in [2.75, 3.05) is 49.5 Å². The topological polar surface area (TPSA) is 93.5 Å². The number of nitrogens with zero attached hydrogens (tertiary/aromatic N) is 3. The van der Waals surface area contributed by atoms with E-state index in [0.29, 0.717) is 30.0 Å². The number of hydrogen-bond acceptors (Lipinski definition) is 7. The lowest BCUT2D eigenvalue weighted by molar-refractivity contribution is -0.116. The molecule has 0 unspecified atom stereocenters. The number of anilines is 1. The molecule has 29 heavy (non-hydrogen) atoms. The highest BCUT2D eigenvalue weighted by Gasteiger charge is 2.33. The third kappa shape index (κ3) is 4.82. The molecule has 0 aromatic carbocycles. The monoisotopic (exact) mass is 436 g/mol. The van der Waals surface area contributed by atoms with Crippen molar-refractivity contribution in [1.82, 2.24) is 9.80 Å². The summed E-state index contributed by atoms with van der Waals surface area (Å²) in [6, 6.07) is 2.46. The van der Waals surface area contributed by atoms with Crippen molar-refractivity contribution in [1.29, 1.82) is 5.26 Å². The second-order valence-corrected chi connectivity index (χ2v) is 11.6. The van der Waals surface area contributed by atoms with E-state index < -0.39 is 9.84 Å². The lowest BCUT2D eigenvalue weighted by atomic mass is 9.96. The second kappa shape index (κ2) is 8.72. The normalized spacial score (nSPS) is 24.7. The molecule has 1 aliphatic carbocycles. The molecule has 7 nitrogen and oxygen atoms in total. The fraction of sp³-hybridized carbons (Fsp3) is 0.700. The summed E-state index contributed by atoms with van der Waals surface area (Å²) in [7, 11) is -2.85. The summed E-state index contributed by atoms with van der Waals surface area (Å²) >= 11 is 1.57. The van der Waals surface area contributed by atoms with Crippen LogP contribution in [0.5, 0.6) is 0 Å². The van der Waals surface area contributed by atoms with Crippen LogP contribution in [0.25, 0.3) is 0 Å². The fourth-order valence-corrected chi connectivity index (χ4v) is 7.65. The Kier molecular flexibility index (Phi) is 6.25. The van der Waals surface area contributed by atoms with Gasteiger partial charge in [-0.1, -0.05) is 0 Å². The highest BCUT2D eigenvalue weighted by atomic mass is 32.2. The van der Waals surface area contributed by atoms with Crippen LogP contribution in [-0.4, -0.2) is 74.4 Å². The number of piperazine rings is 1. The molecule has 2 fully saturated rings. The van der Waals surface area contributed by atoms with Crippen molar-refractivity contribution >= 4 is 32.1 Å². The van der Waals surface area contributed by atoms with Gasteiger partial charge in [0.15, 0.2) is 9.84 Å². The molecule has 0 radical (unpaired) electrons. The standard InChI is InChI=1S/C20H28N4O3S2/c21-13-17-16-3-1-2-4-18(16)28-20(17)22-19(25)5-7-23-8-10-24(11-9-23)15-6-12-29(26,27)14-15/h15H,1-12,14H2,(H,22,25)/t15-/m0/s1. The molecule has 3 heterocycles. The van der Waals surface area contributed by atoms with Crippen molar-refractivity contribution in [3.8, 4) is 6.07 Å². The van der Waals surface area contributed by atoms with E-state index in [1.807, 2.05) is 0 Å². The average Bonchev–Trinajstić information content (AvgIpc) is 3.25. The summed E-state index contributed by atoms with van der Waals surface area (Å²) in [5, 5.41) is 13.2. The lowest BCUT2D eigenvalue weighted by Crippen LogP contribution is -2.51. The van der Waals surface area contributed by atoms with Crippen LogP contribution in [-0.2, 0) is 27.5 Å². The van der Waals surface area contributed by atoms with E-state index in [2.05, 4.69) is 21.2 Å². The summed E-state index contributed by atoms with van der Waals surface area (Å²) in [6.45, 7) is 4.13. The first-order valence-corrected chi connectivity index (χ1v) is 13.1. The molecule has 0 bridgehead atoms. The molecule has 158 valence electrons. The highest BCUT2D eigenvalue weighted by Crippen LogP contribution is 2.37. The largest absolute Gasteiger partial charge is 0.317 e. The van der Waals surface area contributed by atoms with Gasteiger partial charge in [-0.3, -0.25) is 9.69 Å². The van der Waals surface area contributed by atoms with E-state index in [-0.39, 0.29) is 11.9 Å². The Morgan fingerprint density at radius 1 is 1.21 bits per heavy atom. The van der Waals surface area contributed by atoms with Gasteiger partial charge in [0, 0.05) is 50.1 Å². The van der Waals surface area contributed by atoms with Gasteiger partial charge in [-0.25, -0.2) is 8.42 Å². The Labute approximate surface area is 176 Å². The van der Waals surface area contributed by atoms with Crippen LogP contribution in [0.2, 0.25) is 0 Å². The summed E-state index contributed by atoms with van der Waals surface area (Å²) < 4.78 is 23.4. The molecule has 1 N–H and O–H groups in total. The number of fused-ring (bicyclic) bond motifs is 1. The van der Waals surface area contributed by atoms with Gasteiger partial charge in [-0.15, -0.1) is 11.3 Å². The van der Waals surface area contributed by atoms with E-state index in [4.69, 9.17) is 0 Å². The van der Waals surface area contributed by atoms with E-state index in [0.717, 1.165) is 68.8 Å². The van der Waals surface area contributed by atoms with E-state index >= 15 is 0 Å². The van der Waals surface area contributed by atoms with Gasteiger partial charge in [0.05, 0.1) is 17.1 Å². The predicted octanol–water partition coefficient (Wildman–Crippen LogP) is 1.63. The number of sulfone groups is 1. The molecular formula is C20H28N4O3S2. The van der Waals surface area contributed by atoms with Crippen LogP contribution in [0.15, 0.2) is 0 Å². The Hall–Kier alpha value is -1.47. The molecule has 4 rings (SSSR count). The number of hydrogen-bond donors (Lipinski definition) is 1. The molecule has 1 aromatic heterocycles. The Balaban J connectivity index is 1.24. The SMILES string of the molecule is N#Cc1c(NC(=O)CCN2CCN([C@H]3CCS(=O)(=O)C3)CC2)sc2c1CCCC2. The maximum absolute atomic E-state index is 12.5. The zero-order valence-corrected chi connectivity index (χ0v) is 18.3. The minimum Gasteiger partial charge on any atom is -0.317 e. The van der Waals surface area contributed by atoms with Crippen molar-refractivity contribution in [2.45, 2.75) is 44.6 Å². The first kappa shape index (κ1) is 20.8. The van der Waals surface area contributed by atoms with Crippen LogP contribution in [0, 0.1) is 11.3 Å². The van der Waals surface area contributed by atoms with Gasteiger partial charge in [-0.05, 0) is 37.7 Å². The van der Waals surface area contributed by atoms with Gasteiger partial charge in [0.2, 0.25) is 5.91 Å². The van der Waals surface area contributed by atoms with Gasteiger partial charge in [0.25, 0.3) is 0 Å². The summed E-state index contributed by atoms with van der Waals surface area (Å²) in [4.78, 5) is 18.3. The van der Waals surface area contributed by atoms with E-state index in [1.165, 1.54) is 4.88 Å². The number of nitriles is 1. The number of aryl methyl sites for hydroxylation is 1. The summed E-state index contributed by atoms with van der Waals surface area (Å²) in [5.41, 5.74) is 1.81. The molecule has 9 heteroatoms. The van der Waals surface area contributed by atoms with Gasteiger partial charge in [0.1, 0.15) is 11.1 Å². The maximum atomic E-state index is 12.5. The zero-order valence-electron chi connectivity index (χ0n) is 16.7.